The van der Waals surface area contributed by atoms with E-state index in [2.05, 4.69) is 5.32 Å². The molecule has 1 rings (SSSR count). The average molecular weight is 234 g/mol. The van der Waals surface area contributed by atoms with Crippen molar-refractivity contribution in [3.63, 3.8) is 0 Å². The number of rotatable bonds is 4. The van der Waals surface area contributed by atoms with E-state index in [1.165, 1.54) is 0 Å². The van der Waals surface area contributed by atoms with Crippen molar-refractivity contribution in [3.05, 3.63) is 34.6 Å². The molecule has 1 aromatic rings. The molecule has 1 N–H and O–H groups in total. The monoisotopic (exact) mass is 234 g/mol. The first kappa shape index (κ1) is 13.2. The Morgan fingerprint density at radius 1 is 1.53 bits per heavy atom. The highest BCUT2D eigenvalue weighted by molar-refractivity contribution is 5.75. The zero-order valence-electron chi connectivity index (χ0n) is 10.0. The van der Waals surface area contributed by atoms with Gasteiger partial charge in [-0.3, -0.25) is 4.79 Å². The largest absolute Gasteiger partial charge is 0.352 e. The highest BCUT2D eigenvalue weighted by Gasteiger charge is 2.11. The molecule has 0 aliphatic carbocycles. The molecule has 0 unspecified atom stereocenters. The number of carbonyl (C=O) groups excluding carboxylic acids is 1. The summed E-state index contributed by atoms with van der Waals surface area (Å²) in [6, 6.07) is 5.11. The summed E-state index contributed by atoms with van der Waals surface area (Å²) in [5.41, 5.74) is 0.998. The summed E-state index contributed by atoms with van der Waals surface area (Å²) < 4.78 is 13.8. The second kappa shape index (κ2) is 6.00. The van der Waals surface area contributed by atoms with Crippen LogP contribution in [-0.4, -0.2) is 5.91 Å². The molecule has 0 spiro atoms. The highest BCUT2D eigenvalue weighted by Crippen LogP contribution is 2.16. The van der Waals surface area contributed by atoms with Crippen molar-refractivity contribution >= 4 is 5.91 Å². The van der Waals surface area contributed by atoms with Gasteiger partial charge < -0.3 is 5.32 Å². The van der Waals surface area contributed by atoms with E-state index in [1.807, 2.05) is 13.0 Å². The van der Waals surface area contributed by atoms with Crippen LogP contribution in [0.1, 0.15) is 36.5 Å². The topological polar surface area (TPSA) is 52.9 Å². The van der Waals surface area contributed by atoms with Gasteiger partial charge in [-0.2, -0.15) is 5.26 Å². The molecule has 0 saturated carbocycles. The molecule has 90 valence electrons. The van der Waals surface area contributed by atoms with E-state index in [0.717, 1.165) is 6.42 Å². The number of hydrogen-bond acceptors (Lipinski definition) is 2. The third-order valence-corrected chi connectivity index (χ3v) is 2.50. The Morgan fingerprint density at radius 2 is 2.24 bits per heavy atom. The molecule has 0 heterocycles. The van der Waals surface area contributed by atoms with Gasteiger partial charge in [-0.05, 0) is 18.9 Å². The summed E-state index contributed by atoms with van der Waals surface area (Å²) in [6.07, 6.45) is 1.18. The maximum absolute atomic E-state index is 13.8. The van der Waals surface area contributed by atoms with E-state index >= 15 is 0 Å². The number of carbonyl (C=O) groups is 1. The normalized spacial score (nSPS) is 9.76. The summed E-state index contributed by atoms with van der Waals surface area (Å²) in [5, 5.41) is 11.4. The fraction of sp³-hybridized carbons (Fsp3) is 0.385. The molecule has 0 aliphatic rings. The third kappa shape index (κ3) is 3.28. The molecular weight excluding hydrogens is 219 g/mol. The number of benzene rings is 1. The summed E-state index contributed by atoms with van der Waals surface area (Å²) in [4.78, 5) is 11.3. The van der Waals surface area contributed by atoms with Crippen molar-refractivity contribution in [2.45, 2.75) is 33.2 Å². The fourth-order valence-electron chi connectivity index (χ4n) is 1.50. The smallest absolute Gasteiger partial charge is 0.220 e. The lowest BCUT2D eigenvalue weighted by Crippen LogP contribution is -2.22. The van der Waals surface area contributed by atoms with Crippen molar-refractivity contribution in [3.8, 4) is 6.07 Å². The van der Waals surface area contributed by atoms with E-state index in [4.69, 9.17) is 5.26 Å². The zero-order chi connectivity index (χ0) is 12.8. The van der Waals surface area contributed by atoms with Gasteiger partial charge in [0.05, 0.1) is 5.56 Å². The number of nitriles is 1. The minimum atomic E-state index is -0.538. The van der Waals surface area contributed by atoms with E-state index < -0.39 is 5.82 Å². The molecule has 17 heavy (non-hydrogen) atoms. The van der Waals surface area contributed by atoms with Gasteiger partial charge >= 0.3 is 0 Å². The van der Waals surface area contributed by atoms with Crippen LogP contribution < -0.4 is 5.32 Å². The van der Waals surface area contributed by atoms with Gasteiger partial charge in [-0.15, -0.1) is 0 Å². The Kier molecular flexibility index (Phi) is 4.65. The molecule has 3 nitrogen and oxygen atoms in total. The van der Waals surface area contributed by atoms with Crippen molar-refractivity contribution < 1.29 is 9.18 Å². The summed E-state index contributed by atoms with van der Waals surface area (Å²) in [6.45, 7) is 3.71. The summed E-state index contributed by atoms with van der Waals surface area (Å²) in [5.74, 6) is -0.643. The summed E-state index contributed by atoms with van der Waals surface area (Å²) in [7, 11) is 0. The van der Waals surface area contributed by atoms with Crippen LogP contribution in [-0.2, 0) is 11.3 Å². The fourth-order valence-corrected chi connectivity index (χ4v) is 1.50. The van der Waals surface area contributed by atoms with Crippen LogP contribution in [0.25, 0.3) is 0 Å². The lowest BCUT2D eigenvalue weighted by atomic mass is 10.0. The van der Waals surface area contributed by atoms with Gasteiger partial charge in [-0.1, -0.05) is 19.1 Å². The molecule has 1 aromatic carbocycles. The second-order valence-corrected chi connectivity index (χ2v) is 3.87. The molecule has 4 heteroatoms. The number of halogens is 1. The van der Waals surface area contributed by atoms with Crippen LogP contribution in [0.4, 0.5) is 4.39 Å². The van der Waals surface area contributed by atoms with Crippen LogP contribution in [0.5, 0.6) is 0 Å². The average Bonchev–Trinajstić information content (AvgIpc) is 2.29. The van der Waals surface area contributed by atoms with Gasteiger partial charge in [0.25, 0.3) is 0 Å². The number of amides is 1. The third-order valence-electron chi connectivity index (χ3n) is 2.50. The van der Waals surface area contributed by atoms with Crippen molar-refractivity contribution in [2.75, 3.05) is 0 Å². The van der Waals surface area contributed by atoms with Crippen molar-refractivity contribution in [1.82, 2.24) is 5.32 Å². The maximum atomic E-state index is 13.8. The van der Waals surface area contributed by atoms with Gasteiger partial charge in [-0.25, -0.2) is 4.39 Å². The van der Waals surface area contributed by atoms with E-state index in [-0.39, 0.29) is 18.0 Å². The Bertz CT molecular complexity index is 463. The minimum absolute atomic E-state index is 0.0484. The number of aryl methyl sites for hydroxylation is 1. The van der Waals surface area contributed by atoms with E-state index in [0.29, 0.717) is 17.5 Å². The van der Waals surface area contributed by atoms with Gasteiger partial charge in [0.2, 0.25) is 5.91 Å². The van der Waals surface area contributed by atoms with Crippen LogP contribution in [0, 0.1) is 24.1 Å². The van der Waals surface area contributed by atoms with Crippen molar-refractivity contribution in [2.24, 2.45) is 0 Å². The summed E-state index contributed by atoms with van der Waals surface area (Å²) >= 11 is 0. The van der Waals surface area contributed by atoms with Gasteiger partial charge in [0.15, 0.2) is 0 Å². The first-order chi connectivity index (χ1) is 8.10. The van der Waals surface area contributed by atoms with E-state index in [1.54, 1.807) is 19.1 Å². The molecule has 0 saturated heterocycles. The molecule has 0 radical (unpaired) electrons. The molecular formula is C13H15FN2O. The highest BCUT2D eigenvalue weighted by atomic mass is 19.1. The molecule has 0 aliphatic heterocycles. The maximum Gasteiger partial charge on any atom is 0.220 e. The number of nitrogens with one attached hydrogen (secondary N) is 1. The molecule has 1 amide bonds. The molecule has 0 atom stereocenters. The molecule has 0 aromatic heterocycles. The first-order valence-corrected chi connectivity index (χ1v) is 5.55. The van der Waals surface area contributed by atoms with Gasteiger partial charge in [0.1, 0.15) is 11.9 Å². The Hall–Kier alpha value is -1.89. The van der Waals surface area contributed by atoms with Crippen LogP contribution >= 0.6 is 0 Å². The Morgan fingerprint density at radius 3 is 2.82 bits per heavy atom. The lowest BCUT2D eigenvalue weighted by Gasteiger charge is -2.08. The first-order valence-electron chi connectivity index (χ1n) is 5.55. The molecule has 0 bridgehead atoms. The van der Waals surface area contributed by atoms with Crippen molar-refractivity contribution in [1.29, 1.82) is 5.26 Å². The Labute approximate surface area is 100 Å². The predicted molar refractivity (Wildman–Crippen MR) is 62.6 cm³/mol. The zero-order valence-corrected chi connectivity index (χ0v) is 10.0. The number of hydrogen-bond donors (Lipinski definition) is 1. The van der Waals surface area contributed by atoms with Crippen LogP contribution in [0.2, 0.25) is 0 Å². The van der Waals surface area contributed by atoms with Crippen LogP contribution in [0.3, 0.4) is 0 Å². The predicted octanol–water partition coefficient (Wildman–Crippen LogP) is 2.42. The quantitative estimate of drug-likeness (QED) is 0.869. The van der Waals surface area contributed by atoms with Crippen LogP contribution in [0.15, 0.2) is 12.1 Å². The van der Waals surface area contributed by atoms with Gasteiger partial charge in [0, 0.05) is 18.5 Å². The lowest BCUT2D eigenvalue weighted by molar-refractivity contribution is -0.121. The standard InChI is InChI=1S/C13H15FN2O/c1-3-4-12(17)16-8-10-6-5-9(2)11(7-15)13(10)14/h5-6H,3-4,8H2,1-2H3,(H,16,17). The number of nitrogens with zero attached hydrogens (tertiary/aromatic N) is 1. The second-order valence-electron chi connectivity index (χ2n) is 3.87. The SMILES string of the molecule is CCCC(=O)NCc1ccc(C)c(C#N)c1F. The van der Waals surface area contributed by atoms with E-state index in [9.17, 15) is 9.18 Å². The Balaban J connectivity index is 2.80. The molecule has 0 fully saturated rings. The minimum Gasteiger partial charge on any atom is -0.352 e.